The number of nitrogens with zero attached hydrogens (tertiary/aromatic N) is 4. The second kappa shape index (κ2) is 9.87. The van der Waals surface area contributed by atoms with Crippen LogP contribution in [-0.2, 0) is 0 Å². The van der Waals surface area contributed by atoms with Gasteiger partial charge in [0.15, 0.2) is 0 Å². The highest BCUT2D eigenvalue weighted by molar-refractivity contribution is 5.85. The van der Waals surface area contributed by atoms with Gasteiger partial charge in [-0.3, -0.25) is 15.1 Å². The van der Waals surface area contributed by atoms with E-state index in [1.165, 1.54) is 12.3 Å². The number of aliphatic imine (C=N–C) groups is 1. The van der Waals surface area contributed by atoms with E-state index in [1.54, 1.807) is 6.07 Å². The molecule has 0 saturated heterocycles. The SMILES string of the molecule is CN(C)CC(N)/N=C(\N)CCNc1ccc([N+](=O)[O-])cn1.Cl. The molecule has 0 radical (unpaired) electrons. The van der Waals surface area contributed by atoms with E-state index < -0.39 is 4.92 Å². The minimum atomic E-state index is -0.492. The number of pyridine rings is 1. The molecular formula is C12H22ClN7O2. The maximum atomic E-state index is 10.5. The standard InChI is InChI=1S/C12H21N7O2.ClH/c1-18(2)8-11(14)17-10(13)5-6-15-12-4-3-9(7-16-12)19(20)21;/h3-4,7,11H,5-6,8,14H2,1-2H3,(H2,13,17)(H,15,16);1H. The van der Waals surface area contributed by atoms with Crippen molar-refractivity contribution >= 4 is 29.7 Å². The Kier molecular flexibility index (Phi) is 8.99. The minimum absolute atomic E-state index is 0. The van der Waals surface area contributed by atoms with Gasteiger partial charge in [-0.1, -0.05) is 0 Å². The largest absolute Gasteiger partial charge is 0.387 e. The number of amidine groups is 1. The molecule has 10 heteroatoms. The lowest BCUT2D eigenvalue weighted by molar-refractivity contribution is -0.385. The first-order chi connectivity index (χ1) is 9.88. The number of aromatic nitrogens is 1. The smallest absolute Gasteiger partial charge is 0.287 e. The number of nitro groups is 1. The van der Waals surface area contributed by atoms with Gasteiger partial charge in [0.1, 0.15) is 18.2 Å². The van der Waals surface area contributed by atoms with E-state index in [-0.39, 0.29) is 24.3 Å². The third-order valence-electron chi connectivity index (χ3n) is 2.53. The summed E-state index contributed by atoms with van der Waals surface area (Å²) < 4.78 is 0. The van der Waals surface area contributed by atoms with Crippen molar-refractivity contribution in [2.75, 3.05) is 32.5 Å². The Morgan fingerprint density at radius 3 is 2.73 bits per heavy atom. The second-order valence-electron chi connectivity index (χ2n) is 4.79. The van der Waals surface area contributed by atoms with Crippen LogP contribution in [0.5, 0.6) is 0 Å². The number of hydrogen-bond acceptors (Lipinski definition) is 7. The summed E-state index contributed by atoms with van der Waals surface area (Å²) in [6, 6.07) is 2.93. The van der Waals surface area contributed by atoms with Crippen LogP contribution in [0, 0.1) is 10.1 Å². The zero-order valence-corrected chi connectivity index (χ0v) is 13.4. The van der Waals surface area contributed by atoms with Crippen LogP contribution in [0.4, 0.5) is 11.5 Å². The summed E-state index contributed by atoms with van der Waals surface area (Å²) in [6.45, 7) is 1.15. The van der Waals surface area contributed by atoms with Gasteiger partial charge in [-0.2, -0.15) is 0 Å². The zero-order valence-electron chi connectivity index (χ0n) is 12.6. The Hall–Kier alpha value is -1.97. The van der Waals surface area contributed by atoms with Crippen LogP contribution in [-0.4, -0.2) is 54.0 Å². The van der Waals surface area contributed by atoms with E-state index in [9.17, 15) is 10.1 Å². The third kappa shape index (κ3) is 7.72. The van der Waals surface area contributed by atoms with Gasteiger partial charge in [0.2, 0.25) is 0 Å². The summed E-state index contributed by atoms with van der Waals surface area (Å²) in [7, 11) is 3.82. The number of nitrogens with two attached hydrogens (primary N) is 2. The highest BCUT2D eigenvalue weighted by atomic mass is 35.5. The summed E-state index contributed by atoms with van der Waals surface area (Å²) in [5.41, 5.74) is 11.5. The van der Waals surface area contributed by atoms with Gasteiger partial charge in [-0.15, -0.1) is 12.4 Å². The normalized spacial score (nSPS) is 12.6. The topological polar surface area (TPSA) is 136 Å². The lowest BCUT2D eigenvalue weighted by atomic mass is 10.3. The van der Waals surface area contributed by atoms with Gasteiger partial charge < -0.3 is 21.7 Å². The average Bonchev–Trinajstić information content (AvgIpc) is 2.38. The molecule has 1 aromatic heterocycles. The summed E-state index contributed by atoms with van der Waals surface area (Å²) in [4.78, 5) is 20.0. The van der Waals surface area contributed by atoms with Crippen LogP contribution in [0.15, 0.2) is 23.3 Å². The molecule has 1 aromatic rings. The Morgan fingerprint density at radius 1 is 1.55 bits per heavy atom. The van der Waals surface area contributed by atoms with Crippen molar-refractivity contribution in [2.45, 2.75) is 12.6 Å². The first kappa shape index (κ1) is 20.0. The Morgan fingerprint density at radius 2 is 2.23 bits per heavy atom. The van der Waals surface area contributed by atoms with E-state index in [0.29, 0.717) is 31.2 Å². The molecule has 9 nitrogen and oxygen atoms in total. The lowest BCUT2D eigenvalue weighted by Gasteiger charge is -2.14. The second-order valence-corrected chi connectivity index (χ2v) is 4.79. The summed E-state index contributed by atoms with van der Waals surface area (Å²) in [6.07, 6.45) is 1.37. The number of likely N-dealkylation sites (N-methyl/N-ethyl adjacent to an activating group) is 1. The van der Waals surface area contributed by atoms with Crippen molar-refractivity contribution in [3.8, 4) is 0 Å². The summed E-state index contributed by atoms with van der Waals surface area (Å²) >= 11 is 0. The maximum Gasteiger partial charge on any atom is 0.287 e. The Bertz CT molecular complexity index is 493. The van der Waals surface area contributed by atoms with Crippen LogP contribution in [0.3, 0.4) is 0 Å². The van der Waals surface area contributed by atoms with Crippen LogP contribution in [0.25, 0.3) is 0 Å². The minimum Gasteiger partial charge on any atom is -0.387 e. The molecule has 22 heavy (non-hydrogen) atoms. The van der Waals surface area contributed by atoms with Crippen molar-refractivity contribution < 1.29 is 4.92 Å². The Labute approximate surface area is 135 Å². The first-order valence-electron chi connectivity index (χ1n) is 6.45. The van der Waals surface area contributed by atoms with Gasteiger partial charge in [0.05, 0.1) is 10.8 Å². The molecule has 1 heterocycles. The monoisotopic (exact) mass is 331 g/mol. The molecule has 1 unspecified atom stereocenters. The van der Waals surface area contributed by atoms with Crippen LogP contribution in [0.2, 0.25) is 0 Å². The van der Waals surface area contributed by atoms with Gasteiger partial charge in [0, 0.05) is 25.6 Å². The predicted molar refractivity (Wildman–Crippen MR) is 89.4 cm³/mol. The molecule has 0 aliphatic carbocycles. The number of anilines is 1. The molecule has 0 aliphatic heterocycles. The van der Waals surface area contributed by atoms with Crippen LogP contribution in [0.1, 0.15) is 6.42 Å². The molecule has 1 atom stereocenters. The van der Waals surface area contributed by atoms with Gasteiger partial charge in [-0.05, 0) is 20.2 Å². The molecule has 0 aliphatic rings. The summed E-state index contributed by atoms with van der Waals surface area (Å²) in [5.74, 6) is 1.00. The van der Waals surface area contributed by atoms with E-state index in [0.717, 1.165) is 0 Å². The maximum absolute atomic E-state index is 10.5. The van der Waals surface area contributed by atoms with Gasteiger partial charge in [0.25, 0.3) is 5.69 Å². The molecule has 0 amide bonds. The van der Waals surface area contributed by atoms with E-state index in [4.69, 9.17) is 11.5 Å². The quantitative estimate of drug-likeness (QED) is 0.272. The lowest BCUT2D eigenvalue weighted by Crippen LogP contribution is -2.34. The van der Waals surface area contributed by atoms with Crippen molar-refractivity contribution in [2.24, 2.45) is 16.5 Å². The number of halogens is 1. The molecule has 0 aromatic carbocycles. The van der Waals surface area contributed by atoms with E-state index >= 15 is 0 Å². The van der Waals surface area contributed by atoms with Crippen molar-refractivity contribution in [1.29, 1.82) is 0 Å². The molecule has 1 rings (SSSR count). The fraction of sp³-hybridized carbons (Fsp3) is 0.500. The van der Waals surface area contributed by atoms with E-state index in [1.807, 2.05) is 19.0 Å². The highest BCUT2D eigenvalue weighted by Crippen LogP contribution is 2.11. The molecule has 124 valence electrons. The molecule has 0 spiro atoms. The number of hydrogen-bond donors (Lipinski definition) is 3. The van der Waals surface area contributed by atoms with Crippen molar-refractivity contribution in [3.63, 3.8) is 0 Å². The predicted octanol–water partition coefficient (Wildman–Crippen LogP) is 0.417. The molecular weight excluding hydrogens is 310 g/mol. The average molecular weight is 332 g/mol. The zero-order chi connectivity index (χ0) is 15.8. The third-order valence-corrected chi connectivity index (χ3v) is 2.53. The van der Waals surface area contributed by atoms with Gasteiger partial charge >= 0.3 is 0 Å². The molecule has 0 bridgehead atoms. The summed E-state index contributed by atoms with van der Waals surface area (Å²) in [5, 5.41) is 13.5. The van der Waals surface area contributed by atoms with Crippen LogP contribution >= 0.6 is 12.4 Å². The highest BCUT2D eigenvalue weighted by Gasteiger charge is 2.05. The molecule has 5 N–H and O–H groups in total. The fourth-order valence-corrected chi connectivity index (χ4v) is 1.61. The molecule has 0 fully saturated rings. The number of rotatable bonds is 8. The first-order valence-corrected chi connectivity index (χ1v) is 6.45. The van der Waals surface area contributed by atoms with E-state index in [2.05, 4.69) is 15.3 Å². The fourth-order valence-electron chi connectivity index (χ4n) is 1.61. The Balaban J connectivity index is 0.00000441. The van der Waals surface area contributed by atoms with Crippen LogP contribution < -0.4 is 16.8 Å². The van der Waals surface area contributed by atoms with Gasteiger partial charge in [-0.25, -0.2) is 4.98 Å². The van der Waals surface area contributed by atoms with Crippen molar-refractivity contribution in [3.05, 3.63) is 28.4 Å². The van der Waals surface area contributed by atoms with Crippen molar-refractivity contribution in [1.82, 2.24) is 9.88 Å². The number of nitrogens with one attached hydrogen (secondary N) is 1. The molecule has 0 saturated carbocycles.